The Morgan fingerprint density at radius 2 is 1.82 bits per heavy atom. The van der Waals surface area contributed by atoms with Crippen molar-refractivity contribution in [2.24, 2.45) is 0 Å². The van der Waals surface area contributed by atoms with Gasteiger partial charge in [-0.05, 0) is 31.2 Å². The Morgan fingerprint density at radius 1 is 1.29 bits per heavy atom. The predicted octanol–water partition coefficient (Wildman–Crippen LogP) is 1.70. The second-order valence-electron chi connectivity index (χ2n) is 3.69. The number of ketones is 1. The Labute approximate surface area is 102 Å². The van der Waals surface area contributed by atoms with E-state index in [0.717, 1.165) is 0 Å². The molecule has 0 aliphatic heterocycles. The summed E-state index contributed by atoms with van der Waals surface area (Å²) in [5, 5.41) is -0.999. The van der Waals surface area contributed by atoms with Crippen LogP contribution in [0, 0.1) is 0 Å². The van der Waals surface area contributed by atoms with Crippen LogP contribution in [0.1, 0.15) is 24.2 Å². The Bertz CT molecular complexity index is 488. The Kier molecular flexibility index (Phi) is 4.28. The minimum Gasteiger partial charge on any atom is -0.497 e. The standard InChI is InChI=1S/C12H16O4S/c1-4-17(14,15)9(2)12(13)10-5-7-11(16-3)8-6-10/h5-9H,4H2,1-3H3/t9-/m0/s1. The maximum absolute atomic E-state index is 11.9. The molecule has 0 aromatic heterocycles. The van der Waals surface area contributed by atoms with Crippen molar-refractivity contribution < 1.29 is 17.9 Å². The molecule has 1 aromatic carbocycles. The molecule has 1 atom stereocenters. The summed E-state index contributed by atoms with van der Waals surface area (Å²) < 4.78 is 28.2. The normalized spacial score (nSPS) is 13.1. The molecule has 0 heterocycles. The van der Waals surface area contributed by atoms with E-state index < -0.39 is 15.1 Å². The van der Waals surface area contributed by atoms with E-state index >= 15 is 0 Å². The van der Waals surface area contributed by atoms with Crippen LogP contribution in [0.5, 0.6) is 5.75 Å². The first-order valence-corrected chi connectivity index (χ1v) is 7.03. The van der Waals surface area contributed by atoms with Gasteiger partial charge in [-0.25, -0.2) is 8.42 Å². The summed E-state index contributed by atoms with van der Waals surface area (Å²) in [5.41, 5.74) is 0.385. The molecule has 0 aliphatic rings. The summed E-state index contributed by atoms with van der Waals surface area (Å²) in [6, 6.07) is 6.42. The lowest BCUT2D eigenvalue weighted by molar-refractivity contribution is 0.0991. The third-order valence-electron chi connectivity index (χ3n) is 2.68. The van der Waals surface area contributed by atoms with Gasteiger partial charge in [0.05, 0.1) is 7.11 Å². The molecule has 0 fully saturated rings. The molecule has 0 radical (unpaired) electrons. The van der Waals surface area contributed by atoms with E-state index in [1.807, 2.05) is 0 Å². The first kappa shape index (κ1) is 13.7. The lowest BCUT2D eigenvalue weighted by atomic mass is 10.1. The fourth-order valence-corrected chi connectivity index (χ4v) is 2.37. The maximum atomic E-state index is 11.9. The molecule has 0 bridgehead atoms. The zero-order chi connectivity index (χ0) is 13.1. The number of sulfone groups is 1. The predicted molar refractivity (Wildman–Crippen MR) is 66.2 cm³/mol. The van der Waals surface area contributed by atoms with Crippen LogP contribution in [0.3, 0.4) is 0 Å². The molecule has 1 rings (SSSR count). The van der Waals surface area contributed by atoms with Crippen LogP contribution in [0.4, 0.5) is 0 Å². The van der Waals surface area contributed by atoms with Gasteiger partial charge >= 0.3 is 0 Å². The van der Waals surface area contributed by atoms with Gasteiger partial charge in [0.1, 0.15) is 11.0 Å². The highest BCUT2D eigenvalue weighted by Crippen LogP contribution is 2.15. The van der Waals surface area contributed by atoms with Gasteiger partial charge < -0.3 is 4.74 Å². The first-order chi connectivity index (χ1) is 7.92. The largest absolute Gasteiger partial charge is 0.497 e. The Balaban J connectivity index is 2.97. The lowest BCUT2D eigenvalue weighted by Crippen LogP contribution is -2.28. The summed E-state index contributed by atoms with van der Waals surface area (Å²) in [6.45, 7) is 2.96. The van der Waals surface area contributed by atoms with Crippen LogP contribution in [-0.4, -0.2) is 32.3 Å². The van der Waals surface area contributed by atoms with E-state index in [9.17, 15) is 13.2 Å². The molecule has 17 heavy (non-hydrogen) atoms. The number of rotatable bonds is 5. The number of carbonyl (C=O) groups is 1. The maximum Gasteiger partial charge on any atom is 0.180 e. The summed E-state index contributed by atoms with van der Waals surface area (Å²) in [5.74, 6) is 0.220. The van der Waals surface area contributed by atoms with Gasteiger partial charge in [0.25, 0.3) is 0 Å². The first-order valence-electron chi connectivity index (χ1n) is 5.32. The van der Waals surface area contributed by atoms with Gasteiger partial charge in [-0.3, -0.25) is 4.79 Å². The molecule has 1 aromatic rings. The monoisotopic (exact) mass is 256 g/mol. The van der Waals surface area contributed by atoms with E-state index in [4.69, 9.17) is 4.74 Å². The van der Waals surface area contributed by atoms with Crippen LogP contribution in [0.25, 0.3) is 0 Å². The molecule has 0 spiro atoms. The lowest BCUT2D eigenvalue weighted by Gasteiger charge is -2.10. The number of hydrogen-bond donors (Lipinski definition) is 0. The van der Waals surface area contributed by atoms with Crippen molar-refractivity contribution in [2.45, 2.75) is 19.1 Å². The average Bonchev–Trinajstić information content (AvgIpc) is 2.37. The van der Waals surface area contributed by atoms with Crippen molar-refractivity contribution in [3.8, 4) is 5.75 Å². The van der Waals surface area contributed by atoms with E-state index in [-0.39, 0.29) is 11.5 Å². The summed E-state index contributed by atoms with van der Waals surface area (Å²) in [6.07, 6.45) is 0. The number of carbonyl (C=O) groups excluding carboxylic acids is 1. The molecule has 0 N–H and O–H groups in total. The minimum absolute atomic E-state index is 0.0317. The SMILES string of the molecule is CCS(=O)(=O)[C@@H](C)C(=O)c1ccc(OC)cc1. The Hall–Kier alpha value is -1.36. The molecular formula is C12H16O4S. The fraction of sp³-hybridized carbons (Fsp3) is 0.417. The molecule has 0 amide bonds. The van der Waals surface area contributed by atoms with Gasteiger partial charge in [-0.1, -0.05) is 6.92 Å². The number of ether oxygens (including phenoxy) is 1. The summed E-state index contributed by atoms with van der Waals surface area (Å²) >= 11 is 0. The van der Waals surface area contributed by atoms with Gasteiger partial charge in [0.2, 0.25) is 0 Å². The van der Waals surface area contributed by atoms with Crippen molar-refractivity contribution in [3.05, 3.63) is 29.8 Å². The second kappa shape index (κ2) is 5.31. The average molecular weight is 256 g/mol. The fourth-order valence-electron chi connectivity index (χ4n) is 1.40. The van der Waals surface area contributed by atoms with E-state index in [2.05, 4.69) is 0 Å². The third kappa shape index (κ3) is 3.06. The van der Waals surface area contributed by atoms with E-state index in [1.165, 1.54) is 21.0 Å². The van der Waals surface area contributed by atoms with Crippen LogP contribution < -0.4 is 4.74 Å². The number of benzene rings is 1. The molecular weight excluding hydrogens is 240 g/mol. The van der Waals surface area contributed by atoms with Crippen LogP contribution >= 0.6 is 0 Å². The van der Waals surface area contributed by atoms with Crippen molar-refractivity contribution in [2.75, 3.05) is 12.9 Å². The number of hydrogen-bond acceptors (Lipinski definition) is 4. The Morgan fingerprint density at radius 3 is 2.24 bits per heavy atom. The summed E-state index contributed by atoms with van der Waals surface area (Å²) in [4.78, 5) is 11.9. The van der Waals surface area contributed by atoms with Crippen molar-refractivity contribution in [1.82, 2.24) is 0 Å². The van der Waals surface area contributed by atoms with Crippen LogP contribution in [-0.2, 0) is 9.84 Å². The van der Waals surface area contributed by atoms with Gasteiger partial charge in [0, 0.05) is 11.3 Å². The van der Waals surface area contributed by atoms with Gasteiger partial charge in [-0.15, -0.1) is 0 Å². The van der Waals surface area contributed by atoms with Crippen molar-refractivity contribution in [3.63, 3.8) is 0 Å². The van der Waals surface area contributed by atoms with Gasteiger partial charge in [-0.2, -0.15) is 0 Å². The second-order valence-corrected chi connectivity index (χ2v) is 6.30. The zero-order valence-corrected chi connectivity index (χ0v) is 11.0. The molecule has 0 saturated carbocycles. The highest BCUT2D eigenvalue weighted by molar-refractivity contribution is 7.92. The zero-order valence-electron chi connectivity index (χ0n) is 10.1. The van der Waals surface area contributed by atoms with Crippen LogP contribution in [0.15, 0.2) is 24.3 Å². The van der Waals surface area contributed by atoms with Crippen LogP contribution in [0.2, 0.25) is 0 Å². The van der Waals surface area contributed by atoms with E-state index in [0.29, 0.717) is 11.3 Å². The van der Waals surface area contributed by atoms with E-state index in [1.54, 1.807) is 24.3 Å². The third-order valence-corrected chi connectivity index (χ3v) is 4.78. The summed E-state index contributed by atoms with van der Waals surface area (Å²) in [7, 11) is -1.81. The molecule has 0 unspecified atom stereocenters. The van der Waals surface area contributed by atoms with Gasteiger partial charge in [0.15, 0.2) is 15.6 Å². The topological polar surface area (TPSA) is 60.4 Å². The number of Topliss-reactive ketones (excluding diaryl/α,β-unsaturated/α-hetero) is 1. The molecule has 94 valence electrons. The van der Waals surface area contributed by atoms with Crippen molar-refractivity contribution >= 4 is 15.6 Å². The minimum atomic E-state index is -3.34. The molecule has 0 aliphatic carbocycles. The highest BCUT2D eigenvalue weighted by atomic mass is 32.2. The smallest absolute Gasteiger partial charge is 0.180 e. The highest BCUT2D eigenvalue weighted by Gasteiger charge is 2.26. The quantitative estimate of drug-likeness (QED) is 0.752. The van der Waals surface area contributed by atoms with Crippen molar-refractivity contribution in [1.29, 1.82) is 0 Å². The molecule has 0 saturated heterocycles. The molecule has 5 heteroatoms. The number of methoxy groups -OCH3 is 1. The molecule has 4 nitrogen and oxygen atoms in total.